The number of ketones is 1. The second-order valence-corrected chi connectivity index (χ2v) is 5.08. The van der Waals surface area contributed by atoms with Crippen LogP contribution in [0.15, 0.2) is 54.6 Å². The molecule has 2 aromatic carbocycles. The first-order valence-corrected chi connectivity index (χ1v) is 6.86. The van der Waals surface area contributed by atoms with E-state index in [0.717, 1.165) is 24.2 Å². The van der Waals surface area contributed by atoms with Crippen molar-refractivity contribution in [3.63, 3.8) is 0 Å². The quantitative estimate of drug-likeness (QED) is 0.846. The van der Waals surface area contributed by atoms with Gasteiger partial charge in [0.1, 0.15) is 0 Å². The van der Waals surface area contributed by atoms with E-state index in [-0.39, 0.29) is 5.78 Å². The lowest BCUT2D eigenvalue weighted by Crippen LogP contribution is -2.03. The van der Waals surface area contributed by atoms with Crippen LogP contribution in [0, 0.1) is 0 Å². The molecule has 2 nitrogen and oxygen atoms in total. The normalized spacial score (nSPS) is 12.8. The third-order valence-corrected chi connectivity index (χ3v) is 3.71. The molecule has 0 fully saturated rings. The number of hydrogen-bond donors (Lipinski definition) is 1. The molecule has 0 unspecified atom stereocenters. The van der Waals surface area contributed by atoms with E-state index in [1.54, 1.807) is 6.92 Å². The van der Waals surface area contributed by atoms with Gasteiger partial charge in [-0.2, -0.15) is 0 Å². The molecule has 0 atom stereocenters. The van der Waals surface area contributed by atoms with Gasteiger partial charge in [-0.3, -0.25) is 4.79 Å². The summed E-state index contributed by atoms with van der Waals surface area (Å²) in [6.45, 7) is 2.40. The largest absolute Gasteiger partial charge is 0.381 e. The lowest BCUT2D eigenvalue weighted by molar-refractivity contribution is 0.101. The fourth-order valence-electron chi connectivity index (χ4n) is 2.54. The predicted molar refractivity (Wildman–Crippen MR) is 83.1 cm³/mol. The Morgan fingerprint density at radius 3 is 2.60 bits per heavy atom. The lowest BCUT2D eigenvalue weighted by Gasteiger charge is -2.09. The Hall–Kier alpha value is -2.35. The second kappa shape index (κ2) is 5.33. The van der Waals surface area contributed by atoms with Crippen molar-refractivity contribution in [1.29, 1.82) is 0 Å². The zero-order chi connectivity index (χ0) is 13.9. The third-order valence-electron chi connectivity index (χ3n) is 3.71. The van der Waals surface area contributed by atoms with E-state index in [4.69, 9.17) is 0 Å². The van der Waals surface area contributed by atoms with E-state index in [1.165, 1.54) is 16.7 Å². The van der Waals surface area contributed by atoms with Crippen LogP contribution in [-0.4, -0.2) is 12.3 Å². The highest BCUT2D eigenvalue weighted by atomic mass is 16.1. The molecule has 3 rings (SSSR count). The highest BCUT2D eigenvalue weighted by molar-refractivity contribution is 5.94. The Morgan fingerprint density at radius 2 is 1.85 bits per heavy atom. The van der Waals surface area contributed by atoms with Gasteiger partial charge in [0.15, 0.2) is 5.78 Å². The van der Waals surface area contributed by atoms with E-state index in [1.807, 2.05) is 24.3 Å². The molecule has 0 aromatic heterocycles. The van der Waals surface area contributed by atoms with E-state index in [2.05, 4.69) is 35.7 Å². The lowest BCUT2D eigenvalue weighted by atomic mass is 10.1. The number of Topliss-reactive ketones (excluding diaryl/α,β-unsaturated/α-hetero) is 1. The summed E-state index contributed by atoms with van der Waals surface area (Å²) in [4.78, 5) is 11.2. The average Bonchev–Trinajstić information content (AvgIpc) is 2.89. The number of rotatable bonds is 4. The Labute approximate surface area is 119 Å². The standard InChI is InChI=1S/C18H17NO/c1-13(20)14-8-10-17(11-9-14)19-12-16-7-6-15-4-2-3-5-18(15)16/h2-5,7-11,19H,6,12H2,1H3. The summed E-state index contributed by atoms with van der Waals surface area (Å²) in [5.74, 6) is 0.101. The molecule has 0 aliphatic heterocycles. The van der Waals surface area contributed by atoms with Crippen LogP contribution >= 0.6 is 0 Å². The second-order valence-electron chi connectivity index (χ2n) is 5.08. The number of carbonyl (C=O) groups is 1. The van der Waals surface area contributed by atoms with Gasteiger partial charge in [0, 0.05) is 17.8 Å². The van der Waals surface area contributed by atoms with Gasteiger partial charge in [-0.1, -0.05) is 30.3 Å². The molecule has 0 bridgehead atoms. The number of anilines is 1. The summed E-state index contributed by atoms with van der Waals surface area (Å²) >= 11 is 0. The molecule has 2 aromatic rings. The van der Waals surface area contributed by atoms with E-state index in [0.29, 0.717) is 0 Å². The van der Waals surface area contributed by atoms with Gasteiger partial charge in [0.05, 0.1) is 0 Å². The number of fused-ring (bicyclic) bond motifs is 1. The first-order valence-electron chi connectivity index (χ1n) is 6.86. The van der Waals surface area contributed by atoms with Crippen LogP contribution < -0.4 is 5.32 Å². The fourth-order valence-corrected chi connectivity index (χ4v) is 2.54. The summed E-state index contributed by atoms with van der Waals surface area (Å²) in [6.07, 6.45) is 3.30. The molecule has 1 aliphatic rings. The van der Waals surface area contributed by atoms with E-state index < -0.39 is 0 Å². The maximum absolute atomic E-state index is 11.2. The molecule has 0 amide bonds. The Balaban J connectivity index is 1.67. The van der Waals surface area contributed by atoms with Crippen molar-refractivity contribution in [3.8, 4) is 0 Å². The van der Waals surface area contributed by atoms with Gasteiger partial charge >= 0.3 is 0 Å². The zero-order valence-corrected chi connectivity index (χ0v) is 11.5. The highest BCUT2D eigenvalue weighted by Gasteiger charge is 2.12. The van der Waals surface area contributed by atoms with Crippen LogP contribution in [-0.2, 0) is 6.42 Å². The number of nitrogens with one attached hydrogen (secondary N) is 1. The highest BCUT2D eigenvalue weighted by Crippen LogP contribution is 2.27. The molecule has 0 saturated heterocycles. The predicted octanol–water partition coefficient (Wildman–Crippen LogP) is 3.94. The summed E-state index contributed by atoms with van der Waals surface area (Å²) in [6, 6.07) is 16.2. The SMILES string of the molecule is CC(=O)c1ccc(NCC2=CCc3ccccc32)cc1. The van der Waals surface area contributed by atoms with Crippen LogP contribution in [0.5, 0.6) is 0 Å². The summed E-state index contributed by atoms with van der Waals surface area (Å²) < 4.78 is 0. The number of carbonyl (C=O) groups excluding carboxylic acids is 1. The molecule has 2 heteroatoms. The van der Waals surface area contributed by atoms with E-state index >= 15 is 0 Å². The number of hydrogen-bond acceptors (Lipinski definition) is 2. The van der Waals surface area contributed by atoms with Crippen molar-refractivity contribution in [2.75, 3.05) is 11.9 Å². The van der Waals surface area contributed by atoms with Gasteiger partial charge in [-0.15, -0.1) is 0 Å². The van der Waals surface area contributed by atoms with Crippen molar-refractivity contribution < 1.29 is 4.79 Å². The summed E-state index contributed by atoms with van der Waals surface area (Å²) in [5, 5.41) is 3.41. The first-order chi connectivity index (χ1) is 9.74. The van der Waals surface area contributed by atoms with Crippen molar-refractivity contribution in [3.05, 3.63) is 71.3 Å². The molecule has 1 aliphatic carbocycles. The van der Waals surface area contributed by atoms with Gasteiger partial charge < -0.3 is 5.32 Å². The van der Waals surface area contributed by atoms with Crippen molar-refractivity contribution in [2.45, 2.75) is 13.3 Å². The molecule has 20 heavy (non-hydrogen) atoms. The van der Waals surface area contributed by atoms with Crippen LogP contribution in [0.2, 0.25) is 0 Å². The monoisotopic (exact) mass is 263 g/mol. The first kappa shape index (κ1) is 12.7. The summed E-state index contributed by atoms with van der Waals surface area (Å²) in [7, 11) is 0. The number of benzene rings is 2. The molecule has 0 spiro atoms. The van der Waals surface area contributed by atoms with Gasteiger partial charge in [-0.05, 0) is 54.3 Å². The number of allylic oxidation sites excluding steroid dienone is 1. The summed E-state index contributed by atoms with van der Waals surface area (Å²) in [5.41, 5.74) is 5.88. The Kier molecular flexibility index (Phi) is 3.38. The zero-order valence-electron chi connectivity index (χ0n) is 11.5. The van der Waals surface area contributed by atoms with Crippen molar-refractivity contribution in [1.82, 2.24) is 0 Å². The minimum atomic E-state index is 0.101. The topological polar surface area (TPSA) is 29.1 Å². The van der Waals surface area contributed by atoms with Crippen molar-refractivity contribution >= 4 is 17.0 Å². The average molecular weight is 263 g/mol. The van der Waals surface area contributed by atoms with Crippen molar-refractivity contribution in [2.24, 2.45) is 0 Å². The molecule has 100 valence electrons. The van der Waals surface area contributed by atoms with Gasteiger partial charge in [0.25, 0.3) is 0 Å². The van der Waals surface area contributed by atoms with Crippen LogP contribution in [0.3, 0.4) is 0 Å². The molecule has 0 radical (unpaired) electrons. The third kappa shape index (κ3) is 2.50. The van der Waals surface area contributed by atoms with Crippen LogP contribution in [0.1, 0.15) is 28.4 Å². The Morgan fingerprint density at radius 1 is 1.10 bits per heavy atom. The molecular formula is C18H17NO. The minimum Gasteiger partial charge on any atom is -0.381 e. The molecule has 1 N–H and O–H groups in total. The minimum absolute atomic E-state index is 0.101. The molecular weight excluding hydrogens is 246 g/mol. The van der Waals surface area contributed by atoms with Gasteiger partial charge in [0.2, 0.25) is 0 Å². The maximum atomic E-state index is 11.2. The smallest absolute Gasteiger partial charge is 0.159 e. The maximum Gasteiger partial charge on any atom is 0.159 e. The Bertz CT molecular complexity index is 668. The van der Waals surface area contributed by atoms with Crippen LogP contribution in [0.4, 0.5) is 5.69 Å². The van der Waals surface area contributed by atoms with Gasteiger partial charge in [-0.25, -0.2) is 0 Å². The molecule has 0 heterocycles. The molecule has 0 saturated carbocycles. The van der Waals surface area contributed by atoms with Crippen LogP contribution in [0.25, 0.3) is 5.57 Å². The van der Waals surface area contributed by atoms with E-state index in [9.17, 15) is 4.79 Å². The fraction of sp³-hybridized carbons (Fsp3) is 0.167.